The molecule has 0 aromatic carbocycles. The van der Waals surface area contributed by atoms with Gasteiger partial charge >= 0.3 is 6.03 Å². The predicted octanol–water partition coefficient (Wildman–Crippen LogP) is 0.0135. The molecule has 3 N–H and O–H groups in total. The first kappa shape index (κ1) is 15.4. The van der Waals surface area contributed by atoms with Gasteiger partial charge in [-0.05, 0) is 31.7 Å². The third-order valence-electron chi connectivity index (χ3n) is 3.12. The number of amides is 3. The van der Waals surface area contributed by atoms with Gasteiger partial charge in [0.2, 0.25) is 5.91 Å². The molecule has 0 unspecified atom stereocenters. The maximum Gasteiger partial charge on any atom is 0.321 e. The summed E-state index contributed by atoms with van der Waals surface area (Å²) >= 11 is 0. The molecular weight excluding hydrogens is 272 g/mol. The van der Waals surface area contributed by atoms with E-state index >= 15 is 0 Å². The van der Waals surface area contributed by atoms with Gasteiger partial charge < -0.3 is 10.6 Å². The first-order chi connectivity index (χ1) is 10.2. The summed E-state index contributed by atoms with van der Waals surface area (Å²) in [5, 5.41) is 16.0. The van der Waals surface area contributed by atoms with Crippen LogP contribution >= 0.6 is 0 Å². The molecular formula is C13H22N6O2. The maximum absolute atomic E-state index is 11.6. The monoisotopic (exact) mass is 294 g/mol. The lowest BCUT2D eigenvalue weighted by atomic mass is 10.4. The lowest BCUT2D eigenvalue weighted by Crippen LogP contribution is -2.41. The number of hydrogen-bond acceptors (Lipinski definition) is 5. The van der Waals surface area contributed by atoms with Crippen LogP contribution in [-0.4, -0.2) is 40.0 Å². The summed E-state index contributed by atoms with van der Waals surface area (Å²) in [6.45, 7) is 4.12. The van der Waals surface area contributed by atoms with E-state index in [4.69, 9.17) is 0 Å². The van der Waals surface area contributed by atoms with Crippen LogP contribution in [0.15, 0.2) is 6.20 Å². The average Bonchev–Trinajstić information content (AvgIpc) is 3.16. The Hall–Kier alpha value is -1.96. The van der Waals surface area contributed by atoms with E-state index in [-0.39, 0.29) is 6.54 Å². The predicted molar refractivity (Wildman–Crippen MR) is 76.3 cm³/mol. The third-order valence-corrected chi connectivity index (χ3v) is 3.12. The number of aromatic nitrogens is 3. The fourth-order valence-corrected chi connectivity index (χ4v) is 1.82. The molecule has 0 saturated heterocycles. The highest BCUT2D eigenvalue weighted by atomic mass is 16.2. The molecule has 21 heavy (non-hydrogen) atoms. The number of carbonyl (C=O) groups is 2. The highest BCUT2D eigenvalue weighted by Gasteiger charge is 2.20. The van der Waals surface area contributed by atoms with Crippen molar-refractivity contribution in [3.05, 3.63) is 11.9 Å². The molecule has 0 bridgehead atoms. The lowest BCUT2D eigenvalue weighted by Gasteiger charge is -2.05. The van der Waals surface area contributed by atoms with Crippen LogP contribution < -0.4 is 16.0 Å². The van der Waals surface area contributed by atoms with E-state index < -0.39 is 11.9 Å². The van der Waals surface area contributed by atoms with Crippen molar-refractivity contribution in [2.24, 2.45) is 5.92 Å². The van der Waals surface area contributed by atoms with E-state index in [1.165, 1.54) is 17.5 Å². The first-order valence-corrected chi connectivity index (χ1v) is 7.34. The molecule has 2 rings (SSSR count). The summed E-state index contributed by atoms with van der Waals surface area (Å²) in [5.74, 6) is 0.401. The smallest absolute Gasteiger partial charge is 0.321 e. The van der Waals surface area contributed by atoms with Gasteiger partial charge in [0.25, 0.3) is 0 Å². The number of urea groups is 1. The maximum atomic E-state index is 11.6. The number of nitrogens with zero attached hydrogens (tertiary/aromatic N) is 3. The zero-order valence-electron chi connectivity index (χ0n) is 12.3. The summed E-state index contributed by atoms with van der Waals surface area (Å²) in [6, 6.07) is -0.478. The summed E-state index contributed by atoms with van der Waals surface area (Å²) in [7, 11) is 0. The van der Waals surface area contributed by atoms with Crippen molar-refractivity contribution in [3.8, 4) is 0 Å². The molecule has 8 heteroatoms. The average molecular weight is 294 g/mol. The highest BCUT2D eigenvalue weighted by molar-refractivity contribution is 5.94. The second kappa shape index (κ2) is 7.72. The Bertz CT molecular complexity index is 483. The minimum absolute atomic E-state index is 0.0187. The zero-order valence-corrected chi connectivity index (χ0v) is 12.3. The molecule has 1 aliphatic carbocycles. The fourth-order valence-electron chi connectivity index (χ4n) is 1.82. The summed E-state index contributed by atoms with van der Waals surface area (Å²) in [6.07, 6.45) is 5.14. The van der Waals surface area contributed by atoms with Crippen LogP contribution in [-0.2, 0) is 17.9 Å². The van der Waals surface area contributed by atoms with Crippen molar-refractivity contribution >= 4 is 11.9 Å². The fraction of sp³-hybridized carbons (Fsp3) is 0.692. The molecule has 0 spiro atoms. The molecule has 1 aromatic rings. The Balaban J connectivity index is 1.68. The van der Waals surface area contributed by atoms with Crippen molar-refractivity contribution in [2.45, 2.75) is 39.3 Å². The molecule has 8 nitrogen and oxygen atoms in total. The minimum Gasteiger partial charge on any atom is -0.338 e. The van der Waals surface area contributed by atoms with E-state index in [2.05, 4.69) is 26.3 Å². The molecule has 1 heterocycles. The molecule has 116 valence electrons. The third kappa shape index (κ3) is 5.90. The van der Waals surface area contributed by atoms with Crippen LogP contribution in [0.3, 0.4) is 0 Å². The van der Waals surface area contributed by atoms with Gasteiger partial charge in [0.05, 0.1) is 11.9 Å². The van der Waals surface area contributed by atoms with Gasteiger partial charge in [-0.25, -0.2) is 9.48 Å². The molecule has 0 atom stereocenters. The van der Waals surface area contributed by atoms with Crippen molar-refractivity contribution in [2.75, 3.05) is 13.1 Å². The van der Waals surface area contributed by atoms with Gasteiger partial charge in [-0.3, -0.25) is 10.1 Å². The SMILES string of the molecule is CCCNC(=O)NC(=O)Cn1cc(CNCC2CC2)nn1. The van der Waals surface area contributed by atoms with Crippen molar-refractivity contribution in [3.63, 3.8) is 0 Å². The van der Waals surface area contributed by atoms with Crippen LogP contribution in [0, 0.1) is 5.92 Å². The second-order valence-corrected chi connectivity index (χ2v) is 5.29. The number of carbonyl (C=O) groups excluding carboxylic acids is 2. The van der Waals surface area contributed by atoms with Gasteiger partial charge in [-0.1, -0.05) is 12.1 Å². The normalized spacial score (nSPS) is 14.0. The van der Waals surface area contributed by atoms with Crippen LogP contribution in [0.2, 0.25) is 0 Å². The number of imide groups is 1. The van der Waals surface area contributed by atoms with E-state index in [0.717, 1.165) is 24.6 Å². The van der Waals surface area contributed by atoms with E-state index in [1.807, 2.05) is 6.92 Å². The lowest BCUT2D eigenvalue weighted by molar-refractivity contribution is -0.120. The molecule has 3 amide bonds. The summed E-state index contributed by atoms with van der Waals surface area (Å²) < 4.78 is 1.43. The van der Waals surface area contributed by atoms with E-state index in [0.29, 0.717) is 13.1 Å². The number of hydrogen-bond donors (Lipinski definition) is 3. The molecule has 1 aliphatic rings. The Kier molecular flexibility index (Phi) is 5.68. The number of rotatable bonds is 8. The van der Waals surface area contributed by atoms with Gasteiger partial charge in [-0.2, -0.15) is 0 Å². The van der Waals surface area contributed by atoms with Gasteiger partial charge in [0.15, 0.2) is 0 Å². The van der Waals surface area contributed by atoms with Gasteiger partial charge in [0, 0.05) is 13.1 Å². The first-order valence-electron chi connectivity index (χ1n) is 7.34. The van der Waals surface area contributed by atoms with Crippen LogP contribution in [0.4, 0.5) is 4.79 Å². The standard InChI is InChI=1S/C13H22N6O2/c1-2-5-15-13(21)16-12(20)9-19-8-11(17-18-19)7-14-6-10-3-4-10/h8,10,14H,2-7,9H2,1H3,(H2,15,16,20,21). The van der Waals surface area contributed by atoms with Crippen molar-refractivity contribution in [1.29, 1.82) is 0 Å². The van der Waals surface area contributed by atoms with E-state index in [9.17, 15) is 9.59 Å². The van der Waals surface area contributed by atoms with Crippen molar-refractivity contribution < 1.29 is 9.59 Å². The summed E-state index contributed by atoms with van der Waals surface area (Å²) in [4.78, 5) is 23.0. The Morgan fingerprint density at radius 2 is 2.24 bits per heavy atom. The molecule has 0 radical (unpaired) electrons. The summed E-state index contributed by atoms with van der Waals surface area (Å²) in [5.41, 5.74) is 0.791. The zero-order chi connectivity index (χ0) is 15.1. The van der Waals surface area contributed by atoms with Crippen LogP contribution in [0.1, 0.15) is 31.9 Å². The Labute approximate surface area is 123 Å². The van der Waals surface area contributed by atoms with E-state index in [1.54, 1.807) is 6.20 Å². The van der Waals surface area contributed by atoms with Gasteiger partial charge in [0.1, 0.15) is 6.54 Å². The quantitative estimate of drug-likeness (QED) is 0.627. The molecule has 1 saturated carbocycles. The molecule has 0 aliphatic heterocycles. The highest BCUT2D eigenvalue weighted by Crippen LogP contribution is 2.27. The van der Waals surface area contributed by atoms with Crippen LogP contribution in [0.5, 0.6) is 0 Å². The molecule has 1 aromatic heterocycles. The van der Waals surface area contributed by atoms with Crippen LogP contribution in [0.25, 0.3) is 0 Å². The minimum atomic E-state index is -0.478. The van der Waals surface area contributed by atoms with Crippen molar-refractivity contribution in [1.82, 2.24) is 30.9 Å². The largest absolute Gasteiger partial charge is 0.338 e. The Morgan fingerprint density at radius 3 is 2.95 bits per heavy atom. The Morgan fingerprint density at radius 1 is 1.43 bits per heavy atom. The molecule has 1 fully saturated rings. The van der Waals surface area contributed by atoms with Gasteiger partial charge in [-0.15, -0.1) is 5.10 Å². The second-order valence-electron chi connectivity index (χ2n) is 5.29. The topological polar surface area (TPSA) is 101 Å². The number of nitrogens with one attached hydrogen (secondary N) is 3.